The molecule has 0 spiro atoms. The Hall–Kier alpha value is -0.860. The van der Waals surface area contributed by atoms with Gasteiger partial charge in [-0.2, -0.15) is 0 Å². The van der Waals surface area contributed by atoms with Gasteiger partial charge in [0.15, 0.2) is 0 Å². The van der Waals surface area contributed by atoms with Crippen LogP contribution < -0.4 is 5.32 Å². The van der Waals surface area contributed by atoms with Gasteiger partial charge in [-0.1, -0.05) is 30.7 Å². The first-order chi connectivity index (χ1) is 8.52. The van der Waals surface area contributed by atoms with E-state index in [1.54, 1.807) is 6.07 Å². The van der Waals surface area contributed by atoms with Gasteiger partial charge in [0, 0.05) is 18.0 Å². The van der Waals surface area contributed by atoms with Crippen molar-refractivity contribution in [2.75, 3.05) is 6.54 Å². The second kappa shape index (κ2) is 5.41. The Labute approximate surface area is 113 Å². The highest BCUT2D eigenvalue weighted by Crippen LogP contribution is 2.27. The fourth-order valence-corrected chi connectivity index (χ4v) is 2.11. The molecule has 0 amide bonds. The molecule has 18 heavy (non-hydrogen) atoms. The quantitative estimate of drug-likeness (QED) is 0.769. The van der Waals surface area contributed by atoms with Crippen LogP contribution in [0.15, 0.2) is 30.9 Å². The van der Waals surface area contributed by atoms with Crippen LogP contribution in [0.5, 0.6) is 0 Å². The topological polar surface area (TPSA) is 12.0 Å². The molecule has 3 heteroatoms. The molecule has 1 saturated carbocycles. The Bertz CT molecular complexity index is 442. The first-order valence-corrected chi connectivity index (χ1v) is 6.71. The van der Waals surface area contributed by atoms with Crippen molar-refractivity contribution >= 4 is 11.6 Å². The van der Waals surface area contributed by atoms with Gasteiger partial charge < -0.3 is 5.32 Å². The van der Waals surface area contributed by atoms with E-state index in [1.807, 2.05) is 12.1 Å². The SMILES string of the molecule is C=CC(C)(CNC1CC1)Cc1ccc(Cl)c(F)c1. The third-order valence-electron chi connectivity index (χ3n) is 3.46. The molecule has 1 nitrogen and oxygen atoms in total. The molecule has 0 radical (unpaired) electrons. The van der Waals surface area contributed by atoms with Gasteiger partial charge in [0.25, 0.3) is 0 Å². The minimum absolute atomic E-state index is 0.0527. The summed E-state index contributed by atoms with van der Waals surface area (Å²) in [6.07, 6.45) is 5.25. The Morgan fingerprint density at radius 3 is 2.83 bits per heavy atom. The van der Waals surface area contributed by atoms with Crippen LogP contribution in [0.2, 0.25) is 5.02 Å². The Morgan fingerprint density at radius 2 is 2.28 bits per heavy atom. The van der Waals surface area contributed by atoms with Gasteiger partial charge >= 0.3 is 0 Å². The molecule has 1 atom stereocenters. The molecule has 1 N–H and O–H groups in total. The van der Waals surface area contributed by atoms with Crippen molar-refractivity contribution < 1.29 is 4.39 Å². The van der Waals surface area contributed by atoms with Crippen molar-refractivity contribution in [3.8, 4) is 0 Å². The number of hydrogen-bond donors (Lipinski definition) is 1. The van der Waals surface area contributed by atoms with Crippen LogP contribution in [0.3, 0.4) is 0 Å². The summed E-state index contributed by atoms with van der Waals surface area (Å²) in [6.45, 7) is 6.93. The van der Waals surface area contributed by atoms with Crippen LogP contribution in [0.4, 0.5) is 4.39 Å². The molecular weight excluding hydrogens is 249 g/mol. The van der Waals surface area contributed by atoms with Crippen molar-refractivity contribution in [2.45, 2.75) is 32.2 Å². The van der Waals surface area contributed by atoms with Crippen molar-refractivity contribution in [2.24, 2.45) is 5.41 Å². The lowest BCUT2D eigenvalue weighted by Gasteiger charge is -2.26. The fourth-order valence-electron chi connectivity index (χ4n) is 1.99. The molecule has 0 aromatic heterocycles. The lowest BCUT2D eigenvalue weighted by atomic mass is 9.83. The number of hydrogen-bond acceptors (Lipinski definition) is 1. The minimum Gasteiger partial charge on any atom is -0.313 e. The summed E-state index contributed by atoms with van der Waals surface area (Å²) in [4.78, 5) is 0. The molecule has 1 fully saturated rings. The molecule has 0 aliphatic heterocycles. The van der Waals surface area contributed by atoms with E-state index in [1.165, 1.54) is 18.9 Å². The van der Waals surface area contributed by atoms with Crippen molar-refractivity contribution in [3.05, 3.63) is 47.3 Å². The summed E-state index contributed by atoms with van der Waals surface area (Å²) in [7, 11) is 0. The second-order valence-electron chi connectivity index (χ2n) is 5.44. The molecule has 98 valence electrons. The van der Waals surface area contributed by atoms with E-state index in [9.17, 15) is 4.39 Å². The van der Waals surface area contributed by atoms with Crippen molar-refractivity contribution in [1.29, 1.82) is 0 Å². The number of nitrogens with one attached hydrogen (secondary N) is 1. The van der Waals surface area contributed by atoms with Gasteiger partial charge in [0.1, 0.15) is 5.82 Å². The number of rotatable bonds is 6. The van der Waals surface area contributed by atoms with E-state index in [0.717, 1.165) is 18.5 Å². The molecule has 0 heterocycles. The first kappa shape index (κ1) is 13.6. The molecular formula is C15H19ClFN. The van der Waals surface area contributed by atoms with Gasteiger partial charge in [0.2, 0.25) is 0 Å². The van der Waals surface area contributed by atoms with Crippen LogP contribution >= 0.6 is 11.6 Å². The zero-order valence-electron chi connectivity index (χ0n) is 10.7. The summed E-state index contributed by atoms with van der Waals surface area (Å²) in [5, 5.41) is 3.68. The van der Waals surface area contributed by atoms with Crippen LogP contribution in [-0.4, -0.2) is 12.6 Å². The van der Waals surface area contributed by atoms with Gasteiger partial charge in [-0.05, 0) is 37.0 Å². The van der Waals surface area contributed by atoms with Gasteiger partial charge in [0.05, 0.1) is 5.02 Å². The highest BCUT2D eigenvalue weighted by molar-refractivity contribution is 6.30. The summed E-state index contributed by atoms with van der Waals surface area (Å²) < 4.78 is 13.4. The normalized spacial score (nSPS) is 18.4. The molecule has 1 aliphatic carbocycles. The summed E-state index contributed by atoms with van der Waals surface area (Å²) >= 11 is 5.69. The molecule has 1 aromatic carbocycles. The summed E-state index contributed by atoms with van der Waals surface area (Å²) in [5.74, 6) is -0.351. The highest BCUT2D eigenvalue weighted by Gasteiger charge is 2.26. The predicted octanol–water partition coefficient (Wildman–Crippen LogP) is 3.97. The third-order valence-corrected chi connectivity index (χ3v) is 3.76. The lowest BCUT2D eigenvalue weighted by molar-refractivity contribution is 0.388. The molecule has 0 saturated heterocycles. The maximum Gasteiger partial charge on any atom is 0.142 e. The molecule has 1 aliphatic rings. The highest BCUT2D eigenvalue weighted by atomic mass is 35.5. The Kier molecular flexibility index (Phi) is 4.08. The van der Waals surface area contributed by atoms with Crippen LogP contribution in [0.25, 0.3) is 0 Å². The monoisotopic (exact) mass is 267 g/mol. The van der Waals surface area contributed by atoms with E-state index >= 15 is 0 Å². The van der Waals surface area contributed by atoms with Crippen molar-refractivity contribution in [3.63, 3.8) is 0 Å². The summed E-state index contributed by atoms with van der Waals surface area (Å²) in [5.41, 5.74) is 0.903. The van der Waals surface area contributed by atoms with Crippen LogP contribution in [0, 0.1) is 11.2 Å². The molecule has 0 bridgehead atoms. The fraction of sp³-hybridized carbons (Fsp3) is 0.467. The van der Waals surface area contributed by atoms with Crippen LogP contribution in [0.1, 0.15) is 25.3 Å². The van der Waals surface area contributed by atoms with E-state index in [0.29, 0.717) is 6.04 Å². The Balaban J connectivity index is 2.02. The lowest BCUT2D eigenvalue weighted by Crippen LogP contribution is -2.33. The van der Waals surface area contributed by atoms with Crippen LogP contribution in [-0.2, 0) is 6.42 Å². The largest absolute Gasteiger partial charge is 0.313 e. The second-order valence-corrected chi connectivity index (χ2v) is 5.85. The smallest absolute Gasteiger partial charge is 0.142 e. The average molecular weight is 268 g/mol. The number of halogens is 2. The summed E-state index contributed by atoms with van der Waals surface area (Å²) in [6, 6.07) is 5.68. The third kappa shape index (κ3) is 3.56. The van der Waals surface area contributed by atoms with E-state index in [4.69, 9.17) is 11.6 Å². The average Bonchev–Trinajstić information content (AvgIpc) is 3.16. The maximum atomic E-state index is 13.4. The van der Waals surface area contributed by atoms with E-state index in [2.05, 4.69) is 18.8 Å². The minimum atomic E-state index is -0.351. The predicted molar refractivity (Wildman–Crippen MR) is 74.4 cm³/mol. The van der Waals surface area contributed by atoms with Gasteiger partial charge in [-0.3, -0.25) is 0 Å². The van der Waals surface area contributed by atoms with Crippen molar-refractivity contribution in [1.82, 2.24) is 5.32 Å². The Morgan fingerprint density at radius 1 is 1.56 bits per heavy atom. The molecule has 2 rings (SSSR count). The van der Waals surface area contributed by atoms with E-state index in [-0.39, 0.29) is 16.3 Å². The van der Waals surface area contributed by atoms with Gasteiger partial charge in [-0.25, -0.2) is 4.39 Å². The molecule has 1 unspecified atom stereocenters. The maximum absolute atomic E-state index is 13.4. The standard InChI is InChI=1S/C15H19ClFN/c1-3-15(2,10-18-12-5-6-12)9-11-4-7-13(16)14(17)8-11/h3-4,7-8,12,18H,1,5-6,9-10H2,2H3. The zero-order chi connectivity index (χ0) is 13.2. The number of benzene rings is 1. The zero-order valence-corrected chi connectivity index (χ0v) is 11.4. The van der Waals surface area contributed by atoms with Gasteiger partial charge in [-0.15, -0.1) is 6.58 Å². The molecule has 1 aromatic rings. The first-order valence-electron chi connectivity index (χ1n) is 6.33. The van der Waals surface area contributed by atoms with E-state index < -0.39 is 0 Å².